The number of nitrogens with one attached hydrogen (secondary N) is 2. The first-order valence-electron chi connectivity index (χ1n) is 9.04. The molecule has 0 bridgehead atoms. The average Bonchev–Trinajstić information content (AvgIpc) is 3.08. The van der Waals surface area contributed by atoms with E-state index in [1.807, 2.05) is 13.8 Å². The quantitative estimate of drug-likeness (QED) is 0.781. The van der Waals surface area contributed by atoms with E-state index in [2.05, 4.69) is 20.5 Å². The zero-order valence-electron chi connectivity index (χ0n) is 15.4. The third-order valence-electron chi connectivity index (χ3n) is 4.53. The smallest absolute Gasteiger partial charge is 0.234 e. The number of carbonyl (C=O) groups excluding carboxylic acids is 1. The van der Waals surface area contributed by atoms with E-state index in [-0.39, 0.29) is 29.4 Å². The molecule has 8 nitrogen and oxygen atoms in total. The average molecular weight is 392 g/mol. The van der Waals surface area contributed by atoms with Gasteiger partial charge in [-0.25, -0.2) is 13.4 Å². The van der Waals surface area contributed by atoms with Crippen LogP contribution >= 0.6 is 0 Å². The first kappa shape index (κ1) is 19.3. The number of aromatic nitrogens is 3. The van der Waals surface area contributed by atoms with E-state index < -0.39 is 15.1 Å². The van der Waals surface area contributed by atoms with Crippen molar-refractivity contribution in [2.45, 2.75) is 55.9 Å². The summed E-state index contributed by atoms with van der Waals surface area (Å²) >= 11 is 0. The molecule has 27 heavy (non-hydrogen) atoms. The number of nitrogens with zero attached hydrogens (tertiary/aromatic N) is 2. The summed E-state index contributed by atoms with van der Waals surface area (Å²) in [5.74, 6) is 0.251. The molecule has 1 fully saturated rings. The van der Waals surface area contributed by atoms with Crippen LogP contribution < -0.4 is 10.1 Å². The summed E-state index contributed by atoms with van der Waals surface area (Å²) in [7, 11) is -3.54. The van der Waals surface area contributed by atoms with Crippen molar-refractivity contribution in [2.75, 3.05) is 5.32 Å². The number of aromatic amines is 1. The van der Waals surface area contributed by atoms with Crippen LogP contribution in [0.25, 0.3) is 0 Å². The molecular weight excluding hydrogens is 368 g/mol. The van der Waals surface area contributed by atoms with Crippen molar-refractivity contribution >= 4 is 21.6 Å². The maximum Gasteiger partial charge on any atom is 0.234 e. The summed E-state index contributed by atoms with van der Waals surface area (Å²) < 4.78 is 31.0. The van der Waals surface area contributed by atoms with E-state index in [0.717, 1.165) is 0 Å². The molecule has 0 spiro atoms. The third-order valence-corrected chi connectivity index (χ3v) is 6.66. The van der Waals surface area contributed by atoms with Crippen LogP contribution in [0.3, 0.4) is 0 Å². The zero-order valence-corrected chi connectivity index (χ0v) is 16.2. The summed E-state index contributed by atoms with van der Waals surface area (Å²) in [6.07, 6.45) is 3.61. The van der Waals surface area contributed by atoms with Gasteiger partial charge in [0.15, 0.2) is 14.9 Å². The van der Waals surface area contributed by atoms with Crippen LogP contribution in [0.1, 0.15) is 39.5 Å². The van der Waals surface area contributed by atoms with Crippen LogP contribution in [-0.2, 0) is 14.6 Å². The highest BCUT2D eigenvalue weighted by atomic mass is 32.2. The first-order valence-corrected chi connectivity index (χ1v) is 10.6. The van der Waals surface area contributed by atoms with Gasteiger partial charge in [0.25, 0.3) is 0 Å². The molecule has 1 saturated carbocycles. The third kappa shape index (κ3) is 4.65. The van der Waals surface area contributed by atoms with E-state index in [4.69, 9.17) is 4.74 Å². The second kappa shape index (κ2) is 8.08. The second-order valence-corrected chi connectivity index (χ2v) is 9.15. The Morgan fingerprint density at radius 1 is 1.33 bits per heavy atom. The Morgan fingerprint density at radius 3 is 2.85 bits per heavy atom. The summed E-state index contributed by atoms with van der Waals surface area (Å²) in [6.45, 7) is 3.77. The van der Waals surface area contributed by atoms with Gasteiger partial charge < -0.3 is 10.1 Å². The van der Waals surface area contributed by atoms with Crippen molar-refractivity contribution in [3.05, 3.63) is 30.5 Å². The molecule has 0 radical (unpaired) electrons. The molecule has 1 amide bonds. The zero-order chi connectivity index (χ0) is 19.4. The topological polar surface area (TPSA) is 114 Å². The molecular formula is C18H24N4O4S. The Bertz CT molecular complexity index is 880. The van der Waals surface area contributed by atoms with Crippen LogP contribution in [0.5, 0.6) is 5.88 Å². The van der Waals surface area contributed by atoms with Gasteiger partial charge in [-0.1, -0.05) is 12.5 Å². The number of hydrogen-bond acceptors (Lipinski definition) is 6. The lowest BCUT2D eigenvalue weighted by Gasteiger charge is -2.27. The highest BCUT2D eigenvalue weighted by Gasteiger charge is 2.36. The molecule has 2 aromatic rings. The molecule has 146 valence electrons. The van der Waals surface area contributed by atoms with Crippen LogP contribution in [-0.4, -0.2) is 40.9 Å². The lowest BCUT2D eigenvalue weighted by molar-refractivity contribution is -0.120. The second-order valence-electron chi connectivity index (χ2n) is 6.97. The van der Waals surface area contributed by atoms with E-state index in [1.54, 1.807) is 18.2 Å². The van der Waals surface area contributed by atoms with Gasteiger partial charge in [0.1, 0.15) is 5.82 Å². The van der Waals surface area contributed by atoms with Crippen LogP contribution in [0.15, 0.2) is 35.5 Å². The lowest BCUT2D eigenvalue weighted by Crippen LogP contribution is -2.34. The summed E-state index contributed by atoms with van der Waals surface area (Å²) in [4.78, 5) is 16.6. The van der Waals surface area contributed by atoms with Crippen molar-refractivity contribution in [3.8, 4) is 5.88 Å². The van der Waals surface area contributed by atoms with Gasteiger partial charge >= 0.3 is 0 Å². The fourth-order valence-corrected chi connectivity index (χ4v) is 5.04. The summed E-state index contributed by atoms with van der Waals surface area (Å²) in [6, 6.07) is 6.45. The fraction of sp³-hybridized carbons (Fsp3) is 0.500. The van der Waals surface area contributed by atoms with Gasteiger partial charge in [-0.2, -0.15) is 0 Å². The van der Waals surface area contributed by atoms with Gasteiger partial charge in [-0.05, 0) is 45.2 Å². The molecule has 2 N–H and O–H groups in total. The predicted molar refractivity (Wildman–Crippen MR) is 100 cm³/mol. The number of anilines is 1. The molecule has 2 heterocycles. The molecule has 1 aliphatic carbocycles. The van der Waals surface area contributed by atoms with Crippen molar-refractivity contribution in [3.63, 3.8) is 0 Å². The molecule has 2 atom stereocenters. The fourth-order valence-electron chi connectivity index (χ4n) is 3.26. The Kier molecular flexibility index (Phi) is 5.79. The van der Waals surface area contributed by atoms with Gasteiger partial charge in [0.2, 0.25) is 11.8 Å². The van der Waals surface area contributed by atoms with Crippen molar-refractivity contribution in [1.82, 2.24) is 15.2 Å². The number of pyridine rings is 1. The van der Waals surface area contributed by atoms with E-state index in [0.29, 0.717) is 31.0 Å². The van der Waals surface area contributed by atoms with Crippen LogP contribution in [0, 0.1) is 5.92 Å². The number of carbonyl (C=O) groups is 1. The molecule has 2 aromatic heterocycles. The van der Waals surface area contributed by atoms with Gasteiger partial charge in [0.05, 0.1) is 11.4 Å². The van der Waals surface area contributed by atoms with E-state index in [9.17, 15) is 13.2 Å². The molecule has 0 aromatic carbocycles. The molecule has 1 aliphatic rings. The minimum absolute atomic E-state index is 0.0206. The number of ether oxygens (including phenoxy) is 1. The van der Waals surface area contributed by atoms with Crippen molar-refractivity contribution in [2.24, 2.45) is 5.92 Å². The Morgan fingerprint density at radius 2 is 2.15 bits per heavy atom. The molecule has 3 rings (SSSR count). The van der Waals surface area contributed by atoms with E-state index >= 15 is 0 Å². The van der Waals surface area contributed by atoms with Gasteiger partial charge in [-0.15, -0.1) is 5.10 Å². The molecule has 9 heteroatoms. The normalized spacial score (nSPS) is 20.4. The summed E-state index contributed by atoms with van der Waals surface area (Å²) in [5.41, 5.74) is 0. The predicted octanol–water partition coefficient (Wildman–Crippen LogP) is 2.56. The van der Waals surface area contributed by atoms with Crippen molar-refractivity contribution in [1.29, 1.82) is 0 Å². The van der Waals surface area contributed by atoms with Crippen molar-refractivity contribution < 1.29 is 17.9 Å². The maximum absolute atomic E-state index is 12.8. The number of amides is 1. The number of hydrogen-bond donors (Lipinski definition) is 2. The SMILES string of the molecule is CC(C)Oc1cc(NC(=O)C2CCCC(S(=O)(=O)c3ccccn3)C2)[nH]n1. The van der Waals surface area contributed by atoms with Crippen LogP contribution in [0.2, 0.25) is 0 Å². The maximum atomic E-state index is 12.8. The Balaban J connectivity index is 1.65. The molecule has 0 saturated heterocycles. The summed E-state index contributed by atoms with van der Waals surface area (Å²) in [5, 5.41) is 8.94. The minimum atomic E-state index is -3.54. The number of sulfone groups is 1. The Labute approximate surface area is 158 Å². The Hall–Kier alpha value is -2.42. The minimum Gasteiger partial charge on any atom is -0.474 e. The first-order chi connectivity index (χ1) is 12.9. The van der Waals surface area contributed by atoms with Crippen LogP contribution in [0.4, 0.5) is 5.82 Å². The van der Waals surface area contributed by atoms with Gasteiger partial charge in [-0.3, -0.25) is 9.89 Å². The highest BCUT2D eigenvalue weighted by molar-refractivity contribution is 7.92. The highest BCUT2D eigenvalue weighted by Crippen LogP contribution is 2.32. The molecule has 2 unspecified atom stereocenters. The molecule has 0 aliphatic heterocycles. The number of rotatable bonds is 6. The van der Waals surface area contributed by atoms with Gasteiger partial charge in [0, 0.05) is 18.2 Å². The number of H-pyrrole nitrogens is 1. The largest absolute Gasteiger partial charge is 0.474 e. The monoisotopic (exact) mass is 392 g/mol. The van der Waals surface area contributed by atoms with E-state index in [1.165, 1.54) is 12.3 Å². The lowest BCUT2D eigenvalue weighted by atomic mass is 9.88. The standard InChI is InChI=1S/C18H24N4O4S/c1-12(2)26-16-11-15(21-22-16)20-18(23)13-6-5-7-14(10-13)27(24,25)17-8-3-4-9-19-17/h3-4,8-9,11-14H,5-7,10H2,1-2H3,(H2,20,21,22,23).